The predicted molar refractivity (Wildman–Crippen MR) is 101 cm³/mol. The van der Waals surface area contributed by atoms with Gasteiger partial charge in [0, 0.05) is 6.42 Å². The van der Waals surface area contributed by atoms with E-state index in [4.69, 9.17) is 10.4 Å². The molecular weight excluding hydrogens is 302 g/mol. The van der Waals surface area contributed by atoms with Crippen LogP contribution in [0.3, 0.4) is 0 Å². The summed E-state index contributed by atoms with van der Waals surface area (Å²) in [6.45, 7) is 3.85. The molecule has 0 aromatic carbocycles. The minimum absolute atomic E-state index is 0.578. The van der Waals surface area contributed by atoms with Crippen molar-refractivity contribution in [2.24, 2.45) is 0 Å². The average Bonchev–Trinajstić information content (AvgIpc) is 2.53. The van der Waals surface area contributed by atoms with E-state index >= 15 is 0 Å². The van der Waals surface area contributed by atoms with Gasteiger partial charge in [-0.3, -0.25) is 0 Å². The standard InChI is InChI=1S/C20H43NO3/c1-3-4-5-6-7-8-9-10-11-12-13-14-15-16-17-18-19-20(2)21(22,23)24/h20,22-23H,3-19H2,1-2H3. The molecule has 1 atom stereocenters. The summed E-state index contributed by atoms with van der Waals surface area (Å²) in [4.78, 5) is -2.14. The topological polar surface area (TPSA) is 63.5 Å². The lowest BCUT2D eigenvalue weighted by Gasteiger charge is -2.30. The molecule has 1 unspecified atom stereocenters. The summed E-state index contributed by atoms with van der Waals surface area (Å²) in [6.07, 6.45) is 21.7. The van der Waals surface area contributed by atoms with Crippen LogP contribution in [0.1, 0.15) is 123 Å². The van der Waals surface area contributed by atoms with Crippen LogP contribution in [0.4, 0.5) is 0 Å². The molecule has 0 rings (SSSR count). The van der Waals surface area contributed by atoms with Crippen LogP contribution in [0.5, 0.6) is 0 Å². The number of quaternary nitrogens is 1. The van der Waals surface area contributed by atoms with Gasteiger partial charge in [-0.2, -0.15) is 10.4 Å². The van der Waals surface area contributed by atoms with Crippen LogP contribution >= 0.6 is 0 Å². The predicted octanol–water partition coefficient (Wildman–Crippen LogP) is 7.12. The van der Waals surface area contributed by atoms with E-state index in [0.29, 0.717) is 6.42 Å². The molecule has 0 aliphatic carbocycles. The summed E-state index contributed by atoms with van der Waals surface area (Å²) >= 11 is 0. The fraction of sp³-hybridized carbons (Fsp3) is 1.00. The van der Waals surface area contributed by atoms with Gasteiger partial charge in [-0.15, -0.1) is 0 Å². The van der Waals surface area contributed by atoms with Gasteiger partial charge in [0.15, 0.2) is 0 Å². The van der Waals surface area contributed by atoms with E-state index in [1.54, 1.807) is 6.92 Å². The van der Waals surface area contributed by atoms with Crippen molar-refractivity contribution >= 4 is 0 Å². The fourth-order valence-corrected chi connectivity index (χ4v) is 3.16. The van der Waals surface area contributed by atoms with Crippen molar-refractivity contribution in [1.82, 2.24) is 0 Å². The number of hydrogen-bond donors (Lipinski definition) is 2. The second-order valence-corrected chi connectivity index (χ2v) is 7.53. The third kappa shape index (κ3) is 16.7. The van der Waals surface area contributed by atoms with Crippen LogP contribution in [-0.2, 0) is 0 Å². The molecule has 0 spiro atoms. The zero-order valence-corrected chi connectivity index (χ0v) is 16.3. The highest BCUT2D eigenvalue weighted by molar-refractivity contribution is 4.52. The molecule has 0 aromatic heterocycles. The first-order valence-corrected chi connectivity index (χ1v) is 10.5. The quantitative estimate of drug-likeness (QED) is 0.158. The molecule has 4 nitrogen and oxygen atoms in total. The highest BCUT2D eigenvalue weighted by Gasteiger charge is 2.20. The first-order valence-electron chi connectivity index (χ1n) is 10.5. The van der Waals surface area contributed by atoms with Gasteiger partial charge in [0.05, 0.1) is 0 Å². The van der Waals surface area contributed by atoms with Crippen LogP contribution in [0, 0.1) is 5.21 Å². The van der Waals surface area contributed by atoms with Crippen molar-refractivity contribution in [3.05, 3.63) is 5.21 Å². The normalized spacial score (nSPS) is 13.4. The molecule has 0 bridgehead atoms. The van der Waals surface area contributed by atoms with Crippen LogP contribution in [0.25, 0.3) is 0 Å². The number of nitrogens with zero attached hydrogens (tertiary/aromatic N) is 1. The molecule has 0 aliphatic rings. The zero-order valence-electron chi connectivity index (χ0n) is 16.3. The van der Waals surface area contributed by atoms with E-state index in [2.05, 4.69) is 6.92 Å². The van der Waals surface area contributed by atoms with Gasteiger partial charge in [-0.1, -0.05) is 108 Å². The van der Waals surface area contributed by atoms with Gasteiger partial charge in [0.1, 0.15) is 6.04 Å². The Labute approximate surface area is 150 Å². The van der Waals surface area contributed by atoms with Crippen molar-refractivity contribution in [2.45, 2.75) is 129 Å². The summed E-state index contributed by atoms with van der Waals surface area (Å²) in [5.74, 6) is 0. The molecule has 146 valence electrons. The third-order valence-corrected chi connectivity index (χ3v) is 5.05. The van der Waals surface area contributed by atoms with E-state index < -0.39 is 11.0 Å². The maximum absolute atomic E-state index is 10.8. The van der Waals surface area contributed by atoms with Crippen LogP contribution in [0.15, 0.2) is 0 Å². The fourth-order valence-electron chi connectivity index (χ4n) is 3.16. The van der Waals surface area contributed by atoms with Gasteiger partial charge in [-0.05, 0) is 13.3 Å². The van der Waals surface area contributed by atoms with Gasteiger partial charge >= 0.3 is 0 Å². The van der Waals surface area contributed by atoms with Gasteiger partial charge < -0.3 is 5.21 Å². The second kappa shape index (κ2) is 16.3. The SMILES string of the molecule is CCCCCCCCCCCCCCCCCCC(C)[N+]([O-])(O)O. The first-order chi connectivity index (χ1) is 11.5. The first kappa shape index (κ1) is 23.8. The maximum atomic E-state index is 10.8. The Morgan fingerprint density at radius 1 is 0.625 bits per heavy atom. The average molecular weight is 346 g/mol. The minimum Gasteiger partial charge on any atom is -0.564 e. The molecule has 0 heterocycles. The molecule has 0 saturated carbocycles. The highest BCUT2D eigenvalue weighted by Crippen LogP contribution is 2.16. The second-order valence-electron chi connectivity index (χ2n) is 7.53. The Balaban J connectivity index is 3.10. The van der Waals surface area contributed by atoms with E-state index in [1.807, 2.05) is 0 Å². The van der Waals surface area contributed by atoms with Gasteiger partial charge in [0.25, 0.3) is 0 Å². The Kier molecular flexibility index (Phi) is 16.2. The van der Waals surface area contributed by atoms with Gasteiger partial charge in [-0.25, -0.2) is 0 Å². The molecule has 0 saturated heterocycles. The zero-order chi connectivity index (χ0) is 18.1. The molecular formula is C20H43NO3. The number of unbranched alkanes of at least 4 members (excludes halogenated alkanes) is 15. The molecule has 0 aromatic rings. The van der Waals surface area contributed by atoms with Crippen molar-refractivity contribution in [2.75, 3.05) is 0 Å². The Morgan fingerprint density at radius 2 is 0.917 bits per heavy atom. The molecule has 24 heavy (non-hydrogen) atoms. The summed E-state index contributed by atoms with van der Waals surface area (Å²) in [7, 11) is 0. The smallest absolute Gasteiger partial charge is 0.149 e. The number of rotatable bonds is 18. The lowest BCUT2D eigenvalue weighted by Crippen LogP contribution is -2.42. The van der Waals surface area contributed by atoms with Crippen molar-refractivity contribution < 1.29 is 15.4 Å². The van der Waals surface area contributed by atoms with Crippen LogP contribution in [0.2, 0.25) is 0 Å². The molecule has 4 heteroatoms. The molecule has 0 aliphatic heterocycles. The van der Waals surface area contributed by atoms with Crippen molar-refractivity contribution in [3.8, 4) is 0 Å². The summed E-state index contributed by atoms with van der Waals surface area (Å²) in [5, 5.41) is 28.5. The summed E-state index contributed by atoms with van der Waals surface area (Å²) in [5.41, 5.74) is 0. The van der Waals surface area contributed by atoms with Crippen LogP contribution < -0.4 is 0 Å². The molecule has 0 radical (unpaired) electrons. The van der Waals surface area contributed by atoms with Crippen molar-refractivity contribution in [1.29, 1.82) is 0 Å². The summed E-state index contributed by atoms with van der Waals surface area (Å²) < 4.78 is 0. The highest BCUT2D eigenvalue weighted by atomic mass is 17.1. The Hall–Kier alpha value is -0.160. The number of hydrogen-bond acceptors (Lipinski definition) is 3. The molecule has 2 N–H and O–H groups in total. The molecule has 0 fully saturated rings. The van der Waals surface area contributed by atoms with E-state index in [1.165, 1.54) is 89.9 Å². The van der Waals surface area contributed by atoms with Crippen molar-refractivity contribution in [3.63, 3.8) is 0 Å². The number of hydroxylamine groups is 3. The molecule has 0 amide bonds. The lowest BCUT2D eigenvalue weighted by molar-refractivity contribution is -1.23. The Bertz CT molecular complexity index is 254. The maximum Gasteiger partial charge on any atom is 0.149 e. The van der Waals surface area contributed by atoms with E-state index in [9.17, 15) is 5.21 Å². The lowest BCUT2D eigenvalue weighted by atomic mass is 10.0. The third-order valence-electron chi connectivity index (χ3n) is 5.05. The minimum atomic E-state index is -2.14. The van der Waals surface area contributed by atoms with Crippen LogP contribution in [-0.4, -0.2) is 21.4 Å². The van der Waals surface area contributed by atoms with E-state index in [0.717, 1.165) is 12.8 Å². The monoisotopic (exact) mass is 345 g/mol. The summed E-state index contributed by atoms with van der Waals surface area (Å²) in [6, 6.07) is -0.642. The van der Waals surface area contributed by atoms with E-state index in [-0.39, 0.29) is 0 Å². The largest absolute Gasteiger partial charge is 0.564 e. The Morgan fingerprint density at radius 3 is 1.21 bits per heavy atom. The van der Waals surface area contributed by atoms with Gasteiger partial charge in [0.2, 0.25) is 0 Å².